The van der Waals surface area contributed by atoms with Crippen molar-refractivity contribution >= 4 is 19.9 Å². The highest BCUT2D eigenvalue weighted by molar-refractivity contribution is 7.92. The number of nitrogens with one attached hydrogen (secondary N) is 1. The van der Waals surface area contributed by atoms with E-state index in [2.05, 4.69) is 9.71 Å². The summed E-state index contributed by atoms with van der Waals surface area (Å²) in [6.07, 6.45) is 3.98. The van der Waals surface area contributed by atoms with E-state index in [0.717, 1.165) is 0 Å². The van der Waals surface area contributed by atoms with Gasteiger partial charge in [0.2, 0.25) is 19.9 Å². The van der Waals surface area contributed by atoms with Gasteiger partial charge in [-0.2, -0.15) is 13.2 Å². The molecule has 0 saturated heterocycles. The smallest absolute Gasteiger partial charge is 0.336 e. The zero-order valence-corrected chi connectivity index (χ0v) is 12.4. The molecule has 0 atom stereocenters. The minimum Gasteiger partial charge on any atom is -0.336 e. The Morgan fingerprint density at radius 2 is 1.81 bits per heavy atom. The Labute approximate surface area is 120 Å². The Morgan fingerprint density at radius 3 is 2.33 bits per heavy atom. The number of hydrogen-bond acceptors (Lipinski definition) is 5. The first-order valence-corrected chi connectivity index (χ1v) is 9.06. The summed E-state index contributed by atoms with van der Waals surface area (Å²) < 4.78 is 84.4. The van der Waals surface area contributed by atoms with E-state index in [1.807, 2.05) is 0 Å². The van der Waals surface area contributed by atoms with E-state index < -0.39 is 43.3 Å². The van der Waals surface area contributed by atoms with Crippen molar-refractivity contribution in [2.75, 3.05) is 18.1 Å². The molecule has 0 unspecified atom stereocenters. The van der Waals surface area contributed by atoms with Gasteiger partial charge >= 0.3 is 5.51 Å². The molecule has 1 rings (SSSR count). The van der Waals surface area contributed by atoms with Gasteiger partial charge in [0.1, 0.15) is 0 Å². The molecule has 0 aliphatic rings. The zero-order chi connectivity index (χ0) is 16.1. The van der Waals surface area contributed by atoms with Crippen LogP contribution >= 0.6 is 0 Å². The Bertz CT molecular complexity index is 638. The average Bonchev–Trinajstić information content (AvgIpc) is 2.79. The minimum absolute atomic E-state index is 0.0325. The van der Waals surface area contributed by atoms with Crippen LogP contribution in [0.25, 0.3) is 0 Å². The molecule has 0 radical (unpaired) electrons. The fourth-order valence-corrected chi connectivity index (χ4v) is 3.39. The Balaban J connectivity index is 2.36. The quantitative estimate of drug-likeness (QED) is 0.719. The van der Waals surface area contributed by atoms with Gasteiger partial charge in [0.15, 0.2) is 0 Å². The van der Waals surface area contributed by atoms with Crippen LogP contribution in [0, 0.1) is 0 Å². The predicted octanol–water partition coefficient (Wildman–Crippen LogP) is 0.127. The van der Waals surface area contributed by atoms with Crippen molar-refractivity contribution < 1.29 is 30.0 Å². The summed E-state index contributed by atoms with van der Waals surface area (Å²) in [7, 11) is -9.10. The highest BCUT2D eigenvalue weighted by atomic mass is 32.2. The van der Waals surface area contributed by atoms with Gasteiger partial charge in [0, 0.05) is 25.5 Å². The average molecular weight is 349 g/mol. The maximum absolute atomic E-state index is 12.1. The number of nitrogens with zero attached hydrogens (tertiary/aromatic N) is 2. The van der Waals surface area contributed by atoms with Crippen LogP contribution in [-0.4, -0.2) is 49.9 Å². The van der Waals surface area contributed by atoms with Crippen LogP contribution in [0.1, 0.15) is 6.42 Å². The number of imidazole rings is 1. The first kappa shape index (κ1) is 17.9. The van der Waals surface area contributed by atoms with Crippen molar-refractivity contribution in [1.29, 1.82) is 0 Å². The number of rotatable bonds is 8. The van der Waals surface area contributed by atoms with Gasteiger partial charge in [-0.3, -0.25) is 0 Å². The number of alkyl halides is 3. The van der Waals surface area contributed by atoms with Crippen molar-refractivity contribution in [2.45, 2.75) is 18.5 Å². The highest BCUT2D eigenvalue weighted by Gasteiger charge is 2.44. The van der Waals surface area contributed by atoms with Crippen LogP contribution in [0.4, 0.5) is 13.2 Å². The SMILES string of the molecule is O=S(=O)(CCCS(=O)(=O)C(F)(F)F)NCCn1ccnc1. The summed E-state index contributed by atoms with van der Waals surface area (Å²) in [5.41, 5.74) is -5.36. The second-order valence-corrected chi connectivity index (χ2v) is 8.16. The summed E-state index contributed by atoms with van der Waals surface area (Å²) in [6, 6.07) is 0. The van der Waals surface area contributed by atoms with Gasteiger partial charge in [0.05, 0.1) is 17.8 Å². The molecule has 0 saturated carbocycles. The first-order valence-electron chi connectivity index (χ1n) is 5.76. The van der Waals surface area contributed by atoms with E-state index in [0.29, 0.717) is 6.54 Å². The lowest BCUT2D eigenvalue weighted by Crippen LogP contribution is -2.32. The van der Waals surface area contributed by atoms with Gasteiger partial charge < -0.3 is 4.57 Å². The van der Waals surface area contributed by atoms with E-state index in [1.165, 1.54) is 12.5 Å². The van der Waals surface area contributed by atoms with Crippen LogP contribution in [-0.2, 0) is 26.4 Å². The fraction of sp³-hybridized carbons (Fsp3) is 0.667. The molecule has 122 valence electrons. The van der Waals surface area contributed by atoms with E-state index in [1.54, 1.807) is 10.8 Å². The molecule has 0 aliphatic heterocycles. The second-order valence-electron chi connectivity index (χ2n) is 4.13. The van der Waals surface area contributed by atoms with E-state index in [9.17, 15) is 30.0 Å². The Morgan fingerprint density at radius 1 is 1.14 bits per heavy atom. The third-order valence-corrected chi connectivity index (χ3v) is 5.43. The molecule has 1 aromatic heterocycles. The molecule has 1 N–H and O–H groups in total. The zero-order valence-electron chi connectivity index (χ0n) is 10.7. The lowest BCUT2D eigenvalue weighted by Gasteiger charge is -2.09. The number of sulfone groups is 1. The third-order valence-electron chi connectivity index (χ3n) is 2.43. The standard InChI is InChI=1S/C9H14F3N3O4S2/c10-9(11,12)20(16,17)6-1-7-21(18,19)14-3-5-15-4-2-13-8-15/h2,4,8,14H,1,3,5-7H2. The molecule has 0 spiro atoms. The molecular weight excluding hydrogens is 335 g/mol. The number of sulfonamides is 1. The van der Waals surface area contributed by atoms with Gasteiger partial charge in [-0.1, -0.05) is 0 Å². The molecule has 0 aromatic carbocycles. The van der Waals surface area contributed by atoms with Gasteiger partial charge in [-0.15, -0.1) is 0 Å². The topological polar surface area (TPSA) is 98.1 Å². The lowest BCUT2D eigenvalue weighted by molar-refractivity contribution is -0.0435. The van der Waals surface area contributed by atoms with Gasteiger partial charge in [-0.25, -0.2) is 26.5 Å². The predicted molar refractivity (Wildman–Crippen MR) is 68.5 cm³/mol. The molecule has 0 fully saturated rings. The summed E-state index contributed by atoms with van der Waals surface area (Å²) in [5, 5.41) is 0. The van der Waals surface area contributed by atoms with E-state index >= 15 is 0 Å². The van der Waals surface area contributed by atoms with Crippen LogP contribution in [0.5, 0.6) is 0 Å². The Kier molecular flexibility index (Phi) is 5.75. The fourth-order valence-electron chi connectivity index (χ4n) is 1.38. The van der Waals surface area contributed by atoms with Crippen LogP contribution in [0.3, 0.4) is 0 Å². The van der Waals surface area contributed by atoms with Gasteiger partial charge in [0.25, 0.3) is 0 Å². The molecule has 12 heteroatoms. The summed E-state index contributed by atoms with van der Waals surface area (Å²) in [5.74, 6) is -1.94. The maximum Gasteiger partial charge on any atom is 0.497 e. The molecule has 21 heavy (non-hydrogen) atoms. The second kappa shape index (κ2) is 6.75. The molecule has 0 bridgehead atoms. The van der Waals surface area contributed by atoms with Gasteiger partial charge in [-0.05, 0) is 6.42 Å². The maximum atomic E-state index is 12.1. The number of halogens is 3. The summed E-state index contributed by atoms with van der Waals surface area (Å²) in [6.45, 7) is 0.338. The van der Waals surface area contributed by atoms with Crippen molar-refractivity contribution in [3.05, 3.63) is 18.7 Å². The van der Waals surface area contributed by atoms with Crippen LogP contribution in [0.2, 0.25) is 0 Å². The molecule has 0 aliphatic carbocycles. The largest absolute Gasteiger partial charge is 0.497 e. The number of aromatic nitrogens is 2. The monoisotopic (exact) mass is 349 g/mol. The number of hydrogen-bond donors (Lipinski definition) is 1. The van der Waals surface area contributed by atoms with Crippen LogP contribution < -0.4 is 4.72 Å². The first-order chi connectivity index (χ1) is 9.54. The summed E-state index contributed by atoms with van der Waals surface area (Å²) in [4.78, 5) is 3.75. The molecule has 1 heterocycles. The van der Waals surface area contributed by atoms with Crippen molar-refractivity contribution in [3.8, 4) is 0 Å². The van der Waals surface area contributed by atoms with Crippen LogP contribution in [0.15, 0.2) is 18.7 Å². The summed E-state index contributed by atoms with van der Waals surface area (Å²) >= 11 is 0. The van der Waals surface area contributed by atoms with E-state index in [4.69, 9.17) is 0 Å². The molecular formula is C9H14F3N3O4S2. The highest BCUT2D eigenvalue weighted by Crippen LogP contribution is 2.24. The van der Waals surface area contributed by atoms with E-state index in [-0.39, 0.29) is 6.54 Å². The Hall–Kier alpha value is -1.14. The minimum atomic E-state index is -5.36. The lowest BCUT2D eigenvalue weighted by atomic mass is 10.6. The molecule has 1 aromatic rings. The third kappa shape index (κ3) is 6.01. The molecule has 0 amide bonds. The van der Waals surface area contributed by atoms with Crippen molar-refractivity contribution in [1.82, 2.24) is 14.3 Å². The molecule has 7 nitrogen and oxygen atoms in total. The van der Waals surface area contributed by atoms with Crippen molar-refractivity contribution in [3.63, 3.8) is 0 Å². The van der Waals surface area contributed by atoms with Crippen molar-refractivity contribution in [2.24, 2.45) is 0 Å². The normalized spacial score (nSPS) is 13.5.